The van der Waals surface area contributed by atoms with E-state index in [1.54, 1.807) is 11.9 Å². The van der Waals surface area contributed by atoms with Crippen LogP contribution in [0.4, 0.5) is 13.2 Å². The van der Waals surface area contributed by atoms with E-state index in [1.165, 1.54) is 0 Å². The average molecular weight is 441 g/mol. The van der Waals surface area contributed by atoms with E-state index in [0.29, 0.717) is 25.5 Å². The molecule has 0 spiro atoms. The van der Waals surface area contributed by atoms with Crippen LogP contribution in [0.1, 0.15) is 38.2 Å². The smallest absolute Gasteiger partial charge is 0.346 e. The molecule has 1 aliphatic rings. The van der Waals surface area contributed by atoms with Gasteiger partial charge in [-0.2, -0.15) is 17.5 Å². The first kappa shape index (κ1) is 23.0. The summed E-state index contributed by atoms with van der Waals surface area (Å²) >= 11 is 5.57. The number of hydrogen-bond donors (Lipinski definition) is 0. The molecule has 0 N–H and O–H groups in total. The Labute approximate surface area is 168 Å². The van der Waals surface area contributed by atoms with Gasteiger partial charge < -0.3 is 4.90 Å². The molecule has 0 atom stereocenters. The van der Waals surface area contributed by atoms with Gasteiger partial charge >= 0.3 is 6.18 Å². The fourth-order valence-corrected chi connectivity index (χ4v) is 4.91. The van der Waals surface area contributed by atoms with Crippen LogP contribution in [-0.4, -0.2) is 50.2 Å². The van der Waals surface area contributed by atoms with Crippen molar-refractivity contribution < 1.29 is 26.4 Å². The lowest BCUT2D eigenvalue weighted by atomic mass is 9.96. The fraction of sp³-hybridized carbons (Fsp3) is 0.611. The molecule has 28 heavy (non-hydrogen) atoms. The molecular weight excluding hydrogens is 417 g/mol. The number of carbonyl (C=O) groups excluding carboxylic acids is 1. The third-order valence-corrected chi connectivity index (χ3v) is 7.13. The van der Waals surface area contributed by atoms with E-state index in [-0.39, 0.29) is 24.9 Å². The Balaban J connectivity index is 2.10. The number of carbonyl (C=O) groups is 1. The Hall–Kier alpha value is -1.32. The lowest BCUT2D eigenvalue weighted by Gasteiger charge is -2.32. The fourth-order valence-electron chi connectivity index (χ4n) is 3.19. The molecule has 1 heterocycles. The van der Waals surface area contributed by atoms with Crippen LogP contribution in [0, 0.1) is 5.92 Å². The monoisotopic (exact) mass is 440 g/mol. The summed E-state index contributed by atoms with van der Waals surface area (Å²) in [6.45, 7) is 2.86. The van der Waals surface area contributed by atoms with Crippen molar-refractivity contribution >= 4 is 27.5 Å². The van der Waals surface area contributed by atoms with Crippen molar-refractivity contribution in [2.75, 3.05) is 26.7 Å². The van der Waals surface area contributed by atoms with Crippen molar-refractivity contribution in [3.05, 3.63) is 28.8 Å². The maximum Gasteiger partial charge on any atom is 0.417 e. The minimum atomic E-state index is -4.74. The number of alkyl halides is 3. The van der Waals surface area contributed by atoms with Crippen LogP contribution in [0.25, 0.3) is 0 Å². The summed E-state index contributed by atoms with van der Waals surface area (Å²) in [6, 6.07) is 2.58. The number of hydrogen-bond acceptors (Lipinski definition) is 3. The summed E-state index contributed by atoms with van der Waals surface area (Å²) in [5.74, 6) is -0.291. The number of nitrogens with zero attached hydrogens (tertiary/aromatic N) is 2. The van der Waals surface area contributed by atoms with Gasteiger partial charge in [0.1, 0.15) is 0 Å². The third-order valence-electron chi connectivity index (χ3n) is 4.91. The largest absolute Gasteiger partial charge is 0.417 e. The Morgan fingerprint density at radius 3 is 2.43 bits per heavy atom. The highest BCUT2D eigenvalue weighted by molar-refractivity contribution is 7.89. The Bertz CT molecular complexity index is 807. The molecule has 0 radical (unpaired) electrons. The highest BCUT2D eigenvalue weighted by Crippen LogP contribution is 2.36. The highest BCUT2D eigenvalue weighted by Gasteiger charge is 2.37. The molecule has 10 heteroatoms. The number of piperidine rings is 1. The minimum Gasteiger partial charge on any atom is -0.346 e. The standard InChI is InChI=1S/C18H24ClF3N2O3S/c1-3-4-9-23(2)17(25)13-7-10-24(11-8-13)28(26,27)14-5-6-16(19)15(12-14)18(20,21)22/h5-6,12-13H,3-4,7-11H2,1-2H3. The Kier molecular flexibility index (Phi) is 7.38. The molecule has 158 valence electrons. The molecule has 0 unspecified atom stereocenters. The van der Waals surface area contributed by atoms with E-state index in [1.807, 2.05) is 6.92 Å². The molecule has 2 rings (SSSR count). The second kappa shape index (κ2) is 9.00. The number of amides is 1. The summed E-state index contributed by atoms with van der Waals surface area (Å²) in [7, 11) is -2.37. The zero-order valence-electron chi connectivity index (χ0n) is 15.8. The van der Waals surface area contributed by atoms with E-state index in [4.69, 9.17) is 11.6 Å². The third kappa shape index (κ3) is 5.18. The summed E-state index contributed by atoms with van der Waals surface area (Å²) < 4.78 is 65.7. The summed E-state index contributed by atoms with van der Waals surface area (Å²) in [6.07, 6.45) is -2.20. The first-order chi connectivity index (χ1) is 13.0. The van der Waals surface area contributed by atoms with Crippen LogP contribution in [0.15, 0.2) is 23.1 Å². The minimum absolute atomic E-state index is 0.0173. The van der Waals surface area contributed by atoms with Gasteiger partial charge in [0.2, 0.25) is 15.9 Å². The van der Waals surface area contributed by atoms with Crippen molar-refractivity contribution in [2.24, 2.45) is 5.92 Å². The Morgan fingerprint density at radius 2 is 1.89 bits per heavy atom. The van der Waals surface area contributed by atoms with Crippen molar-refractivity contribution in [1.82, 2.24) is 9.21 Å². The molecule has 1 fully saturated rings. The summed E-state index contributed by atoms with van der Waals surface area (Å²) in [4.78, 5) is 13.7. The predicted octanol–water partition coefficient (Wildman–Crippen LogP) is 4.02. The molecular formula is C18H24ClF3N2O3S. The first-order valence-electron chi connectivity index (χ1n) is 9.10. The molecule has 1 aliphatic heterocycles. The Morgan fingerprint density at radius 1 is 1.29 bits per heavy atom. The SMILES string of the molecule is CCCCN(C)C(=O)C1CCN(S(=O)(=O)c2ccc(Cl)c(C(F)(F)F)c2)CC1. The van der Waals surface area contributed by atoms with Gasteiger partial charge in [-0.05, 0) is 37.5 Å². The van der Waals surface area contributed by atoms with E-state index in [9.17, 15) is 26.4 Å². The van der Waals surface area contributed by atoms with Gasteiger partial charge in [0.25, 0.3) is 0 Å². The molecule has 0 aliphatic carbocycles. The number of benzene rings is 1. The lowest BCUT2D eigenvalue weighted by molar-refractivity contribution is -0.137. The quantitative estimate of drug-likeness (QED) is 0.671. The molecule has 1 amide bonds. The van der Waals surface area contributed by atoms with Gasteiger partial charge in [0.15, 0.2) is 0 Å². The van der Waals surface area contributed by atoms with E-state index in [2.05, 4.69) is 0 Å². The molecule has 0 bridgehead atoms. The van der Waals surface area contributed by atoms with E-state index < -0.39 is 31.7 Å². The van der Waals surface area contributed by atoms with Crippen molar-refractivity contribution in [1.29, 1.82) is 0 Å². The molecule has 1 aromatic rings. The van der Waals surface area contributed by atoms with Crippen LogP contribution in [0.3, 0.4) is 0 Å². The van der Waals surface area contributed by atoms with Crippen LogP contribution in [0.2, 0.25) is 5.02 Å². The van der Waals surface area contributed by atoms with Gasteiger partial charge in [0, 0.05) is 32.6 Å². The van der Waals surface area contributed by atoms with Gasteiger partial charge in [0.05, 0.1) is 15.5 Å². The summed E-state index contributed by atoms with van der Waals surface area (Å²) in [5.41, 5.74) is -1.18. The zero-order valence-corrected chi connectivity index (χ0v) is 17.4. The van der Waals surface area contributed by atoms with Crippen LogP contribution < -0.4 is 0 Å². The lowest BCUT2D eigenvalue weighted by Crippen LogP contribution is -2.43. The van der Waals surface area contributed by atoms with Crippen LogP contribution in [-0.2, 0) is 21.0 Å². The number of halogens is 4. The van der Waals surface area contributed by atoms with Gasteiger partial charge in [-0.25, -0.2) is 8.42 Å². The van der Waals surface area contributed by atoms with Gasteiger partial charge in [-0.1, -0.05) is 24.9 Å². The number of sulfonamides is 1. The maximum atomic E-state index is 13.0. The normalized spacial score (nSPS) is 16.9. The summed E-state index contributed by atoms with van der Waals surface area (Å²) in [5, 5.41) is -0.550. The van der Waals surface area contributed by atoms with Crippen LogP contribution >= 0.6 is 11.6 Å². The average Bonchev–Trinajstić information content (AvgIpc) is 2.64. The molecule has 1 aromatic carbocycles. The number of unbranched alkanes of at least 4 members (excludes halogenated alkanes) is 1. The predicted molar refractivity (Wildman–Crippen MR) is 100 cm³/mol. The first-order valence-corrected chi connectivity index (χ1v) is 10.9. The molecule has 1 saturated heterocycles. The van der Waals surface area contributed by atoms with Crippen molar-refractivity contribution in [3.8, 4) is 0 Å². The van der Waals surface area contributed by atoms with Crippen molar-refractivity contribution in [3.63, 3.8) is 0 Å². The molecule has 0 aromatic heterocycles. The molecule has 5 nitrogen and oxygen atoms in total. The van der Waals surface area contributed by atoms with Gasteiger partial charge in [-0.15, -0.1) is 0 Å². The second-order valence-electron chi connectivity index (χ2n) is 6.93. The topological polar surface area (TPSA) is 57.7 Å². The van der Waals surface area contributed by atoms with E-state index >= 15 is 0 Å². The van der Waals surface area contributed by atoms with Crippen LogP contribution in [0.5, 0.6) is 0 Å². The maximum absolute atomic E-state index is 13.0. The number of rotatable bonds is 6. The highest BCUT2D eigenvalue weighted by atomic mass is 35.5. The molecule has 0 saturated carbocycles. The van der Waals surface area contributed by atoms with Gasteiger partial charge in [-0.3, -0.25) is 4.79 Å². The second-order valence-corrected chi connectivity index (χ2v) is 9.28. The zero-order chi connectivity index (χ0) is 21.1. The van der Waals surface area contributed by atoms with E-state index in [0.717, 1.165) is 29.3 Å². The van der Waals surface area contributed by atoms with Crippen molar-refractivity contribution in [2.45, 2.75) is 43.7 Å².